The Hall–Kier alpha value is -2.12. The number of hydrogen-bond acceptors (Lipinski definition) is 3. The molecule has 6 nitrogen and oxygen atoms in total. The summed E-state index contributed by atoms with van der Waals surface area (Å²) in [4.78, 5) is 12.0. The molecule has 0 saturated heterocycles. The standard InChI is InChI=1S/C16H21N3O3S/c1-14(19-10-6-7-11-19)12-16(20)17-23(21,22)18(2)13-15-8-4-3-5-9-15/h3-11,14H,12-13H2,1-2H3,(H,17,20). The Bertz CT molecular complexity index is 727. The molecule has 124 valence electrons. The molecule has 1 N–H and O–H groups in total. The Kier molecular flexibility index (Phi) is 5.57. The van der Waals surface area contributed by atoms with Crippen LogP contribution in [0, 0.1) is 0 Å². The average molecular weight is 335 g/mol. The number of aromatic nitrogens is 1. The van der Waals surface area contributed by atoms with Gasteiger partial charge in [0.15, 0.2) is 0 Å². The van der Waals surface area contributed by atoms with Crippen LogP contribution in [0.25, 0.3) is 0 Å². The Morgan fingerprint density at radius 1 is 1.17 bits per heavy atom. The van der Waals surface area contributed by atoms with Gasteiger partial charge in [-0.2, -0.15) is 12.7 Å². The summed E-state index contributed by atoms with van der Waals surface area (Å²) in [5.41, 5.74) is 0.855. The molecule has 2 aromatic rings. The molecule has 0 saturated carbocycles. The minimum atomic E-state index is -3.85. The minimum Gasteiger partial charge on any atom is -0.351 e. The third-order valence-electron chi connectivity index (χ3n) is 3.52. The van der Waals surface area contributed by atoms with Crippen LogP contribution in [0.3, 0.4) is 0 Å². The first kappa shape index (κ1) is 17.2. The number of hydrogen-bond donors (Lipinski definition) is 1. The highest BCUT2D eigenvalue weighted by atomic mass is 32.2. The first-order valence-electron chi connectivity index (χ1n) is 7.32. The summed E-state index contributed by atoms with van der Waals surface area (Å²) in [7, 11) is -2.41. The molecule has 0 aliphatic carbocycles. The van der Waals surface area contributed by atoms with Crippen LogP contribution in [-0.4, -0.2) is 30.2 Å². The van der Waals surface area contributed by atoms with Gasteiger partial charge >= 0.3 is 10.2 Å². The lowest BCUT2D eigenvalue weighted by Crippen LogP contribution is -2.41. The fraction of sp³-hybridized carbons (Fsp3) is 0.312. The predicted octanol–water partition coefficient (Wildman–Crippen LogP) is 1.93. The van der Waals surface area contributed by atoms with Crippen LogP contribution in [0.15, 0.2) is 54.9 Å². The predicted molar refractivity (Wildman–Crippen MR) is 88.7 cm³/mol. The zero-order valence-electron chi connectivity index (χ0n) is 13.2. The van der Waals surface area contributed by atoms with Crippen molar-refractivity contribution in [3.63, 3.8) is 0 Å². The first-order chi connectivity index (χ1) is 10.9. The lowest BCUT2D eigenvalue weighted by Gasteiger charge is -2.19. The van der Waals surface area contributed by atoms with Gasteiger partial charge in [0.25, 0.3) is 0 Å². The summed E-state index contributed by atoms with van der Waals surface area (Å²) in [6.07, 6.45) is 3.77. The lowest BCUT2D eigenvalue weighted by atomic mass is 10.2. The summed E-state index contributed by atoms with van der Waals surface area (Å²) in [5.74, 6) is -0.522. The maximum Gasteiger partial charge on any atom is 0.303 e. The third-order valence-corrected chi connectivity index (χ3v) is 4.95. The number of amides is 1. The quantitative estimate of drug-likeness (QED) is 0.840. The van der Waals surface area contributed by atoms with E-state index in [1.54, 1.807) is 0 Å². The van der Waals surface area contributed by atoms with E-state index in [4.69, 9.17) is 0 Å². The van der Waals surface area contributed by atoms with E-state index in [0.29, 0.717) is 0 Å². The van der Waals surface area contributed by atoms with Crippen LogP contribution < -0.4 is 4.72 Å². The van der Waals surface area contributed by atoms with Gasteiger partial charge in [-0.05, 0) is 24.6 Å². The van der Waals surface area contributed by atoms with Crippen molar-refractivity contribution in [2.45, 2.75) is 25.9 Å². The summed E-state index contributed by atoms with van der Waals surface area (Å²) < 4.78 is 29.5. The van der Waals surface area contributed by atoms with E-state index in [-0.39, 0.29) is 19.0 Å². The topological polar surface area (TPSA) is 71.4 Å². The van der Waals surface area contributed by atoms with Gasteiger partial charge in [0.1, 0.15) is 0 Å². The van der Waals surface area contributed by atoms with Crippen LogP contribution in [0.5, 0.6) is 0 Å². The Morgan fingerprint density at radius 3 is 2.39 bits per heavy atom. The summed E-state index contributed by atoms with van der Waals surface area (Å²) >= 11 is 0. The molecular weight excluding hydrogens is 314 g/mol. The summed E-state index contributed by atoms with van der Waals surface area (Å²) in [6, 6.07) is 12.8. The molecular formula is C16H21N3O3S. The fourth-order valence-electron chi connectivity index (χ4n) is 2.20. The maximum atomic E-state index is 12.2. The van der Waals surface area contributed by atoms with E-state index in [2.05, 4.69) is 4.72 Å². The van der Waals surface area contributed by atoms with Crippen molar-refractivity contribution in [3.05, 3.63) is 60.4 Å². The second kappa shape index (κ2) is 7.43. The van der Waals surface area contributed by atoms with E-state index in [1.807, 2.05) is 66.3 Å². The van der Waals surface area contributed by atoms with Gasteiger partial charge in [-0.3, -0.25) is 4.79 Å². The van der Waals surface area contributed by atoms with Crippen LogP contribution in [-0.2, 0) is 21.5 Å². The molecule has 23 heavy (non-hydrogen) atoms. The Morgan fingerprint density at radius 2 is 1.78 bits per heavy atom. The SMILES string of the molecule is CC(CC(=O)NS(=O)(=O)N(C)Cc1ccccc1)n1cccc1. The highest BCUT2D eigenvalue weighted by Crippen LogP contribution is 2.11. The van der Waals surface area contributed by atoms with Crippen molar-refractivity contribution in [1.82, 2.24) is 13.6 Å². The Balaban J connectivity index is 1.93. The largest absolute Gasteiger partial charge is 0.351 e. The molecule has 1 aromatic carbocycles. The fourth-order valence-corrected chi connectivity index (χ4v) is 3.05. The zero-order chi connectivity index (χ0) is 16.9. The van der Waals surface area contributed by atoms with Gasteiger partial charge in [-0.15, -0.1) is 0 Å². The smallest absolute Gasteiger partial charge is 0.303 e. The van der Waals surface area contributed by atoms with E-state index < -0.39 is 16.1 Å². The highest BCUT2D eigenvalue weighted by Gasteiger charge is 2.22. The van der Waals surface area contributed by atoms with Crippen molar-refractivity contribution in [3.8, 4) is 0 Å². The van der Waals surface area contributed by atoms with Crippen LogP contribution in [0.4, 0.5) is 0 Å². The van der Waals surface area contributed by atoms with E-state index >= 15 is 0 Å². The van der Waals surface area contributed by atoms with Gasteiger partial charge in [0.2, 0.25) is 5.91 Å². The van der Waals surface area contributed by atoms with Crippen molar-refractivity contribution < 1.29 is 13.2 Å². The number of rotatable bonds is 7. The molecule has 1 amide bonds. The third kappa shape index (κ3) is 4.94. The molecule has 0 aliphatic heterocycles. The van der Waals surface area contributed by atoms with Gasteiger partial charge in [0.05, 0.1) is 0 Å². The van der Waals surface area contributed by atoms with Gasteiger partial charge < -0.3 is 4.57 Å². The van der Waals surface area contributed by atoms with Crippen LogP contribution in [0.1, 0.15) is 24.9 Å². The van der Waals surface area contributed by atoms with Crippen LogP contribution >= 0.6 is 0 Å². The monoisotopic (exact) mass is 335 g/mol. The molecule has 0 radical (unpaired) electrons. The molecule has 1 atom stereocenters. The number of nitrogens with zero attached hydrogens (tertiary/aromatic N) is 2. The molecule has 1 aromatic heterocycles. The zero-order valence-corrected chi connectivity index (χ0v) is 14.0. The number of nitrogens with one attached hydrogen (secondary N) is 1. The van der Waals surface area contributed by atoms with Gasteiger partial charge in [-0.1, -0.05) is 30.3 Å². The first-order valence-corrected chi connectivity index (χ1v) is 8.76. The summed E-state index contributed by atoms with van der Waals surface area (Å²) in [6.45, 7) is 2.07. The number of carbonyl (C=O) groups excluding carboxylic acids is 1. The highest BCUT2D eigenvalue weighted by molar-refractivity contribution is 7.87. The number of carbonyl (C=O) groups is 1. The van der Waals surface area contributed by atoms with Gasteiger partial charge in [0, 0.05) is 38.4 Å². The number of benzene rings is 1. The van der Waals surface area contributed by atoms with Crippen molar-refractivity contribution in [1.29, 1.82) is 0 Å². The van der Waals surface area contributed by atoms with Crippen molar-refractivity contribution >= 4 is 16.1 Å². The molecule has 7 heteroatoms. The second-order valence-electron chi connectivity index (χ2n) is 5.46. The van der Waals surface area contributed by atoms with E-state index in [0.717, 1.165) is 9.87 Å². The molecule has 1 unspecified atom stereocenters. The van der Waals surface area contributed by atoms with Crippen LogP contribution in [0.2, 0.25) is 0 Å². The van der Waals surface area contributed by atoms with E-state index in [9.17, 15) is 13.2 Å². The van der Waals surface area contributed by atoms with Gasteiger partial charge in [-0.25, -0.2) is 4.72 Å². The molecule has 0 fully saturated rings. The molecule has 2 rings (SSSR count). The molecule has 1 heterocycles. The van der Waals surface area contributed by atoms with E-state index in [1.165, 1.54) is 7.05 Å². The molecule has 0 spiro atoms. The maximum absolute atomic E-state index is 12.2. The second-order valence-corrected chi connectivity index (χ2v) is 7.23. The Labute approximate surface area is 136 Å². The molecule has 0 aliphatic rings. The van der Waals surface area contributed by atoms with Crippen molar-refractivity contribution in [2.24, 2.45) is 0 Å². The average Bonchev–Trinajstić information content (AvgIpc) is 3.01. The normalized spacial score (nSPS) is 13.0. The summed E-state index contributed by atoms with van der Waals surface area (Å²) in [5, 5.41) is 0. The minimum absolute atomic E-state index is 0.0904. The van der Waals surface area contributed by atoms with Crippen molar-refractivity contribution in [2.75, 3.05) is 7.05 Å². The molecule has 0 bridgehead atoms. The lowest BCUT2D eigenvalue weighted by molar-refractivity contribution is -0.120.